The van der Waals surface area contributed by atoms with E-state index in [0.717, 1.165) is 23.8 Å². The second-order valence-corrected chi connectivity index (χ2v) is 7.78. The summed E-state index contributed by atoms with van der Waals surface area (Å²) in [6, 6.07) is 0.847. The number of nitrogens with one attached hydrogen (secondary N) is 1. The SMILES string of the molecule is CCCNC(C)c1sc(N(C)C(C)C(C)(C)C)nc1C. The summed E-state index contributed by atoms with van der Waals surface area (Å²) in [6.07, 6.45) is 1.16. The molecular weight excluding hydrogens is 266 g/mol. The van der Waals surface area contributed by atoms with Crippen LogP contribution in [0.2, 0.25) is 0 Å². The van der Waals surface area contributed by atoms with Crippen molar-refractivity contribution < 1.29 is 0 Å². The summed E-state index contributed by atoms with van der Waals surface area (Å²) in [7, 11) is 2.15. The summed E-state index contributed by atoms with van der Waals surface area (Å²) in [5.41, 5.74) is 1.41. The minimum absolute atomic E-state index is 0.251. The molecule has 0 amide bonds. The normalized spacial score (nSPS) is 15.2. The molecule has 0 bridgehead atoms. The summed E-state index contributed by atoms with van der Waals surface area (Å²) in [5.74, 6) is 0. The van der Waals surface area contributed by atoms with Crippen molar-refractivity contribution in [3.63, 3.8) is 0 Å². The Labute approximate surface area is 128 Å². The van der Waals surface area contributed by atoms with Gasteiger partial charge in [-0.3, -0.25) is 0 Å². The maximum Gasteiger partial charge on any atom is 0.185 e. The van der Waals surface area contributed by atoms with E-state index in [1.807, 2.05) is 11.3 Å². The molecule has 2 unspecified atom stereocenters. The molecule has 0 saturated carbocycles. The summed E-state index contributed by atoms with van der Waals surface area (Å²) in [4.78, 5) is 8.45. The van der Waals surface area contributed by atoms with Gasteiger partial charge in [0.15, 0.2) is 5.13 Å². The first-order valence-electron chi connectivity index (χ1n) is 7.62. The third-order valence-corrected chi connectivity index (χ3v) is 5.48. The molecule has 0 aromatic carbocycles. The van der Waals surface area contributed by atoms with E-state index < -0.39 is 0 Å². The van der Waals surface area contributed by atoms with Gasteiger partial charge in [-0.05, 0) is 39.2 Å². The molecule has 1 aromatic heterocycles. The number of rotatable bonds is 6. The Balaban J connectivity index is 2.89. The summed E-state index contributed by atoms with van der Waals surface area (Å²) in [6.45, 7) is 16.7. The molecule has 0 aliphatic heterocycles. The lowest BCUT2D eigenvalue weighted by molar-refractivity contribution is 0.329. The van der Waals surface area contributed by atoms with Gasteiger partial charge in [0.2, 0.25) is 0 Å². The molecule has 0 saturated heterocycles. The van der Waals surface area contributed by atoms with E-state index in [9.17, 15) is 0 Å². The van der Waals surface area contributed by atoms with Gasteiger partial charge < -0.3 is 10.2 Å². The van der Waals surface area contributed by atoms with Crippen molar-refractivity contribution in [3.8, 4) is 0 Å². The third-order valence-electron chi connectivity index (χ3n) is 4.05. The van der Waals surface area contributed by atoms with Crippen LogP contribution < -0.4 is 10.2 Å². The fourth-order valence-electron chi connectivity index (χ4n) is 2.15. The second-order valence-electron chi connectivity index (χ2n) is 6.77. The zero-order valence-electron chi connectivity index (χ0n) is 14.4. The van der Waals surface area contributed by atoms with Gasteiger partial charge in [0.25, 0.3) is 0 Å². The Bertz CT molecular complexity index is 420. The zero-order valence-corrected chi connectivity index (χ0v) is 15.2. The van der Waals surface area contributed by atoms with Crippen LogP contribution in [-0.2, 0) is 0 Å². The van der Waals surface area contributed by atoms with Crippen LogP contribution in [0.5, 0.6) is 0 Å². The molecule has 3 nitrogen and oxygen atoms in total. The number of anilines is 1. The molecule has 116 valence electrons. The number of hydrogen-bond donors (Lipinski definition) is 1. The molecule has 2 atom stereocenters. The predicted octanol–water partition coefficient (Wildman–Crippen LogP) is 4.38. The zero-order chi connectivity index (χ0) is 15.5. The van der Waals surface area contributed by atoms with Crippen LogP contribution >= 0.6 is 11.3 Å². The highest BCUT2D eigenvalue weighted by Gasteiger charge is 2.26. The Morgan fingerprint density at radius 3 is 2.40 bits per heavy atom. The first-order valence-corrected chi connectivity index (χ1v) is 8.43. The van der Waals surface area contributed by atoms with E-state index in [1.54, 1.807) is 0 Å². The first-order chi connectivity index (χ1) is 9.18. The van der Waals surface area contributed by atoms with E-state index >= 15 is 0 Å². The molecule has 1 N–H and O–H groups in total. The highest BCUT2D eigenvalue weighted by molar-refractivity contribution is 7.15. The van der Waals surface area contributed by atoms with Crippen molar-refractivity contribution in [1.29, 1.82) is 0 Å². The van der Waals surface area contributed by atoms with Gasteiger partial charge in [-0.1, -0.05) is 27.7 Å². The van der Waals surface area contributed by atoms with Gasteiger partial charge in [-0.25, -0.2) is 4.98 Å². The summed E-state index contributed by atoms with van der Waals surface area (Å²) < 4.78 is 0. The molecule has 4 heteroatoms. The van der Waals surface area contributed by atoms with Gasteiger partial charge in [0, 0.05) is 24.0 Å². The molecule has 1 aromatic rings. The number of aryl methyl sites for hydroxylation is 1. The van der Waals surface area contributed by atoms with Gasteiger partial charge in [-0.15, -0.1) is 11.3 Å². The number of nitrogens with zero attached hydrogens (tertiary/aromatic N) is 2. The smallest absolute Gasteiger partial charge is 0.185 e. The topological polar surface area (TPSA) is 28.2 Å². The van der Waals surface area contributed by atoms with Crippen molar-refractivity contribution in [2.24, 2.45) is 5.41 Å². The molecule has 0 aliphatic rings. The lowest BCUT2D eigenvalue weighted by Crippen LogP contribution is -2.39. The third kappa shape index (κ3) is 4.19. The van der Waals surface area contributed by atoms with Crippen molar-refractivity contribution >= 4 is 16.5 Å². The predicted molar refractivity (Wildman–Crippen MR) is 90.9 cm³/mol. The van der Waals surface area contributed by atoms with Crippen LogP contribution in [0.15, 0.2) is 0 Å². The van der Waals surface area contributed by atoms with Gasteiger partial charge in [-0.2, -0.15) is 0 Å². The maximum absolute atomic E-state index is 4.78. The first kappa shape index (κ1) is 17.4. The maximum atomic E-state index is 4.78. The molecule has 0 radical (unpaired) electrons. The van der Waals surface area contributed by atoms with Crippen LogP contribution in [-0.4, -0.2) is 24.6 Å². The molecule has 0 fully saturated rings. The highest BCUT2D eigenvalue weighted by atomic mass is 32.1. The van der Waals surface area contributed by atoms with Crippen LogP contribution in [0.4, 0.5) is 5.13 Å². The number of thiazole rings is 1. The molecule has 0 aliphatic carbocycles. The van der Waals surface area contributed by atoms with Crippen molar-refractivity contribution in [2.75, 3.05) is 18.5 Å². The monoisotopic (exact) mass is 297 g/mol. The fraction of sp³-hybridized carbons (Fsp3) is 0.812. The number of hydrogen-bond acceptors (Lipinski definition) is 4. The number of aromatic nitrogens is 1. The van der Waals surface area contributed by atoms with Crippen LogP contribution in [0.3, 0.4) is 0 Å². The minimum atomic E-state index is 0.251. The molecular formula is C16H31N3S. The lowest BCUT2D eigenvalue weighted by atomic mass is 9.87. The van der Waals surface area contributed by atoms with Gasteiger partial charge in [0.1, 0.15) is 0 Å². The second kappa shape index (κ2) is 6.90. The average Bonchev–Trinajstić information content (AvgIpc) is 2.75. The fourth-order valence-corrected chi connectivity index (χ4v) is 3.28. The quantitative estimate of drug-likeness (QED) is 0.844. The van der Waals surface area contributed by atoms with Crippen LogP contribution in [0, 0.1) is 12.3 Å². The van der Waals surface area contributed by atoms with Crippen LogP contribution in [0.1, 0.15) is 64.6 Å². The lowest BCUT2D eigenvalue weighted by Gasteiger charge is -2.35. The molecule has 1 heterocycles. The van der Waals surface area contributed by atoms with E-state index in [4.69, 9.17) is 4.98 Å². The average molecular weight is 298 g/mol. The molecule has 1 rings (SSSR count). The van der Waals surface area contributed by atoms with E-state index in [-0.39, 0.29) is 5.41 Å². The minimum Gasteiger partial charge on any atom is -0.348 e. The largest absolute Gasteiger partial charge is 0.348 e. The van der Waals surface area contributed by atoms with E-state index in [1.165, 1.54) is 4.88 Å². The van der Waals surface area contributed by atoms with Crippen molar-refractivity contribution in [3.05, 3.63) is 10.6 Å². The Hall–Kier alpha value is -0.610. The van der Waals surface area contributed by atoms with E-state index in [2.05, 4.69) is 65.7 Å². The van der Waals surface area contributed by atoms with Crippen molar-refractivity contribution in [1.82, 2.24) is 10.3 Å². The molecule has 20 heavy (non-hydrogen) atoms. The highest BCUT2D eigenvalue weighted by Crippen LogP contribution is 2.34. The van der Waals surface area contributed by atoms with Gasteiger partial charge in [0.05, 0.1) is 5.69 Å². The van der Waals surface area contributed by atoms with Gasteiger partial charge >= 0.3 is 0 Å². The van der Waals surface area contributed by atoms with E-state index in [0.29, 0.717) is 12.1 Å². The van der Waals surface area contributed by atoms with Crippen LogP contribution in [0.25, 0.3) is 0 Å². The summed E-state index contributed by atoms with van der Waals surface area (Å²) >= 11 is 1.82. The van der Waals surface area contributed by atoms with Crippen molar-refractivity contribution in [2.45, 2.75) is 67.0 Å². The Morgan fingerprint density at radius 2 is 1.90 bits per heavy atom. The summed E-state index contributed by atoms with van der Waals surface area (Å²) in [5, 5.41) is 4.68. The Kier molecular flexibility index (Phi) is 6.02. The standard InChI is InChI=1S/C16H31N3S/c1-9-10-17-11(2)14-12(3)18-15(20-14)19(8)13(4)16(5,6)7/h11,13,17H,9-10H2,1-8H3. The molecule has 0 spiro atoms. The Morgan fingerprint density at radius 1 is 1.30 bits per heavy atom.